The van der Waals surface area contributed by atoms with Crippen LogP contribution in [0.2, 0.25) is 0 Å². The summed E-state index contributed by atoms with van der Waals surface area (Å²) >= 11 is 0. The molecule has 0 spiro atoms. The summed E-state index contributed by atoms with van der Waals surface area (Å²) in [5, 5.41) is 9.46. The van der Waals surface area contributed by atoms with Crippen molar-refractivity contribution in [1.82, 2.24) is 0 Å². The number of nitrogens with two attached hydrogens (primary N) is 1. The molecule has 0 radical (unpaired) electrons. The van der Waals surface area contributed by atoms with Crippen LogP contribution >= 0.6 is 0 Å². The van der Waals surface area contributed by atoms with Gasteiger partial charge in [-0.2, -0.15) is 5.26 Å². The van der Waals surface area contributed by atoms with Crippen molar-refractivity contribution in [3.05, 3.63) is 58.2 Å². The van der Waals surface area contributed by atoms with Gasteiger partial charge in [0, 0.05) is 18.4 Å². The van der Waals surface area contributed by atoms with Crippen LogP contribution in [0.25, 0.3) is 0 Å². The van der Waals surface area contributed by atoms with Gasteiger partial charge in [-0.25, -0.2) is 0 Å². The molecule has 2 N–H and O–H groups in total. The Morgan fingerprint density at radius 2 is 2.10 bits per heavy atom. The summed E-state index contributed by atoms with van der Waals surface area (Å²) in [6.45, 7) is 1.98. The molecule has 2 aliphatic rings. The molecule has 4 nitrogen and oxygen atoms in total. The Bertz CT molecular complexity index is 723. The van der Waals surface area contributed by atoms with Crippen molar-refractivity contribution in [2.24, 2.45) is 5.73 Å². The highest BCUT2D eigenvalue weighted by Gasteiger charge is 2.38. The molecule has 106 valence electrons. The van der Waals surface area contributed by atoms with E-state index >= 15 is 0 Å². The second-order valence-electron chi connectivity index (χ2n) is 5.39. The second-order valence-corrected chi connectivity index (χ2v) is 5.39. The van der Waals surface area contributed by atoms with Gasteiger partial charge in [-0.3, -0.25) is 4.79 Å². The zero-order valence-corrected chi connectivity index (χ0v) is 11.8. The summed E-state index contributed by atoms with van der Waals surface area (Å²) in [4.78, 5) is 12.4. The van der Waals surface area contributed by atoms with Crippen LogP contribution in [0.5, 0.6) is 0 Å². The number of aryl methyl sites for hydroxylation is 1. The smallest absolute Gasteiger partial charge is 0.205 e. The fraction of sp³-hybridized carbons (Fsp3) is 0.294. The molecule has 0 amide bonds. The van der Waals surface area contributed by atoms with Crippen molar-refractivity contribution in [3.8, 4) is 6.07 Å². The lowest BCUT2D eigenvalue weighted by Gasteiger charge is -2.31. The summed E-state index contributed by atoms with van der Waals surface area (Å²) in [6.07, 6.45) is 1.97. The highest BCUT2D eigenvalue weighted by atomic mass is 16.5. The maximum absolute atomic E-state index is 12.4. The lowest BCUT2D eigenvalue weighted by atomic mass is 9.76. The maximum Gasteiger partial charge on any atom is 0.205 e. The number of rotatable bonds is 1. The normalized spacial score (nSPS) is 21.7. The van der Waals surface area contributed by atoms with Gasteiger partial charge in [0.1, 0.15) is 17.4 Å². The van der Waals surface area contributed by atoms with E-state index in [1.165, 1.54) is 0 Å². The summed E-state index contributed by atoms with van der Waals surface area (Å²) in [5.74, 6) is 0.424. The molecule has 0 unspecified atom stereocenters. The third kappa shape index (κ3) is 2.11. The van der Waals surface area contributed by atoms with E-state index in [-0.39, 0.29) is 11.7 Å². The molecule has 0 saturated carbocycles. The number of benzene rings is 1. The molecule has 1 aromatic carbocycles. The van der Waals surface area contributed by atoms with Gasteiger partial charge in [-0.05, 0) is 24.5 Å². The first-order chi connectivity index (χ1) is 10.1. The maximum atomic E-state index is 12.4. The van der Waals surface area contributed by atoms with E-state index in [9.17, 15) is 10.1 Å². The molecule has 0 fully saturated rings. The number of nitriles is 1. The Morgan fingerprint density at radius 1 is 1.33 bits per heavy atom. The van der Waals surface area contributed by atoms with E-state index in [0.717, 1.165) is 17.5 Å². The molecule has 1 atom stereocenters. The standard InChI is InChI=1S/C17H16N2O2/c1-10-5-2-3-6-11(10)15-12(9-18)17(19)21-14-8-4-7-13(20)16(14)15/h2-3,5-6,15H,4,7-8,19H2,1H3/t15-/m0/s1. The monoisotopic (exact) mass is 280 g/mol. The van der Waals surface area contributed by atoms with Gasteiger partial charge in [0.05, 0.1) is 5.92 Å². The van der Waals surface area contributed by atoms with Crippen LogP contribution in [0.15, 0.2) is 47.1 Å². The SMILES string of the molecule is Cc1ccccc1[C@H]1C(C#N)=C(N)OC2=C1C(=O)CCC2. The number of carbonyl (C=O) groups excluding carboxylic acids is 1. The van der Waals surface area contributed by atoms with Gasteiger partial charge >= 0.3 is 0 Å². The first-order valence-electron chi connectivity index (χ1n) is 7.03. The fourth-order valence-corrected chi connectivity index (χ4v) is 3.08. The minimum absolute atomic E-state index is 0.0600. The first-order valence-corrected chi connectivity index (χ1v) is 7.03. The van der Waals surface area contributed by atoms with Crippen molar-refractivity contribution >= 4 is 5.78 Å². The third-order valence-corrected chi connectivity index (χ3v) is 4.10. The molecule has 0 saturated heterocycles. The summed E-state index contributed by atoms with van der Waals surface area (Å²) in [7, 11) is 0. The van der Waals surface area contributed by atoms with E-state index in [2.05, 4.69) is 6.07 Å². The predicted octanol–water partition coefficient (Wildman–Crippen LogP) is 2.81. The van der Waals surface area contributed by atoms with Gasteiger partial charge in [0.25, 0.3) is 0 Å². The molecule has 1 aliphatic heterocycles. The molecule has 3 rings (SSSR count). The van der Waals surface area contributed by atoms with Crippen LogP contribution < -0.4 is 5.73 Å². The van der Waals surface area contributed by atoms with Crippen molar-refractivity contribution in [3.63, 3.8) is 0 Å². The van der Waals surface area contributed by atoms with Gasteiger partial charge < -0.3 is 10.5 Å². The van der Waals surface area contributed by atoms with Crippen LogP contribution in [0.1, 0.15) is 36.3 Å². The molecule has 1 heterocycles. The van der Waals surface area contributed by atoms with E-state index < -0.39 is 5.92 Å². The van der Waals surface area contributed by atoms with Crippen LogP contribution in [0, 0.1) is 18.3 Å². The number of Topliss-reactive ketones (excluding diaryl/α,β-unsaturated/α-hetero) is 1. The summed E-state index contributed by atoms with van der Waals surface area (Å²) in [5.41, 5.74) is 8.84. The topological polar surface area (TPSA) is 76.1 Å². The van der Waals surface area contributed by atoms with Gasteiger partial charge in [0.2, 0.25) is 5.88 Å². The van der Waals surface area contributed by atoms with E-state index in [4.69, 9.17) is 10.5 Å². The predicted molar refractivity (Wildman–Crippen MR) is 77.7 cm³/mol. The van der Waals surface area contributed by atoms with Gasteiger partial charge in [-0.1, -0.05) is 24.3 Å². The fourth-order valence-electron chi connectivity index (χ4n) is 3.08. The zero-order valence-electron chi connectivity index (χ0n) is 11.8. The van der Waals surface area contributed by atoms with Crippen LogP contribution in [0.4, 0.5) is 0 Å². The highest BCUT2D eigenvalue weighted by molar-refractivity contribution is 5.99. The number of ether oxygens (including phenoxy) is 1. The summed E-state index contributed by atoms with van der Waals surface area (Å²) < 4.78 is 5.55. The lowest BCUT2D eigenvalue weighted by molar-refractivity contribution is -0.116. The average Bonchev–Trinajstić information content (AvgIpc) is 2.47. The first kappa shape index (κ1) is 13.4. The number of allylic oxidation sites excluding steroid dienone is 3. The van der Waals surface area contributed by atoms with Crippen LogP contribution in [-0.4, -0.2) is 5.78 Å². The molecule has 21 heavy (non-hydrogen) atoms. The minimum atomic E-state index is -0.396. The quantitative estimate of drug-likeness (QED) is 0.858. The number of carbonyl (C=O) groups is 1. The van der Waals surface area contributed by atoms with E-state index in [1.54, 1.807) is 0 Å². The zero-order chi connectivity index (χ0) is 15.0. The van der Waals surface area contributed by atoms with E-state index in [0.29, 0.717) is 29.7 Å². The molecule has 1 aromatic rings. The van der Waals surface area contributed by atoms with Crippen molar-refractivity contribution in [2.45, 2.75) is 32.1 Å². The molecule has 4 heteroatoms. The van der Waals surface area contributed by atoms with Gasteiger partial charge in [-0.15, -0.1) is 0 Å². The van der Waals surface area contributed by atoms with Crippen molar-refractivity contribution in [2.75, 3.05) is 0 Å². The Morgan fingerprint density at radius 3 is 2.81 bits per heavy atom. The lowest BCUT2D eigenvalue weighted by Crippen LogP contribution is -2.27. The molecular formula is C17H16N2O2. The second kappa shape index (κ2) is 5.10. The van der Waals surface area contributed by atoms with Crippen LogP contribution in [0.3, 0.4) is 0 Å². The number of hydrogen-bond acceptors (Lipinski definition) is 4. The Hall–Kier alpha value is -2.54. The van der Waals surface area contributed by atoms with E-state index in [1.807, 2.05) is 31.2 Å². The Balaban J connectivity index is 2.23. The van der Waals surface area contributed by atoms with Crippen molar-refractivity contribution in [1.29, 1.82) is 5.26 Å². The number of ketones is 1. The molecule has 1 aliphatic carbocycles. The third-order valence-electron chi connectivity index (χ3n) is 4.10. The highest BCUT2D eigenvalue weighted by Crippen LogP contribution is 2.43. The van der Waals surface area contributed by atoms with Crippen LogP contribution in [-0.2, 0) is 9.53 Å². The van der Waals surface area contributed by atoms with Gasteiger partial charge in [0.15, 0.2) is 5.78 Å². The molecule has 0 bridgehead atoms. The average molecular weight is 280 g/mol. The van der Waals surface area contributed by atoms with Crippen molar-refractivity contribution < 1.29 is 9.53 Å². The molecular weight excluding hydrogens is 264 g/mol. The molecule has 0 aromatic heterocycles. The summed E-state index contributed by atoms with van der Waals surface area (Å²) in [6, 6.07) is 9.90. The Labute approximate surface area is 123 Å². The Kier molecular flexibility index (Phi) is 3.26. The number of nitrogens with zero attached hydrogens (tertiary/aromatic N) is 1. The largest absolute Gasteiger partial charge is 0.444 e. The minimum Gasteiger partial charge on any atom is -0.444 e. The number of hydrogen-bond donors (Lipinski definition) is 1.